The molecular formula is C23H22BrN5O2. The minimum atomic E-state index is -0.257. The van der Waals surface area contributed by atoms with Gasteiger partial charge in [-0.1, -0.05) is 46.3 Å². The molecule has 158 valence electrons. The molecule has 31 heavy (non-hydrogen) atoms. The number of rotatable bonds is 6. The van der Waals surface area contributed by atoms with E-state index in [1.807, 2.05) is 42.8 Å². The number of nitrogens with zero attached hydrogens (tertiary/aromatic N) is 4. The lowest BCUT2D eigenvalue weighted by atomic mass is 10.2. The first kappa shape index (κ1) is 21.0. The summed E-state index contributed by atoms with van der Waals surface area (Å²) in [6, 6.07) is 15.4. The first-order valence-corrected chi connectivity index (χ1v) is 10.7. The van der Waals surface area contributed by atoms with Crippen LogP contribution in [0.1, 0.15) is 22.5 Å². The molecule has 0 fully saturated rings. The molecule has 0 saturated carbocycles. The largest absolute Gasteiger partial charge is 0.350 e. The van der Waals surface area contributed by atoms with Crippen molar-refractivity contribution in [2.75, 3.05) is 0 Å². The molecule has 0 spiro atoms. The van der Waals surface area contributed by atoms with Gasteiger partial charge in [0.1, 0.15) is 6.54 Å². The molecule has 0 saturated heterocycles. The van der Waals surface area contributed by atoms with E-state index in [-0.39, 0.29) is 18.0 Å². The zero-order chi connectivity index (χ0) is 22.0. The lowest BCUT2D eigenvalue weighted by molar-refractivity contribution is -0.121. The van der Waals surface area contributed by atoms with Crippen molar-refractivity contribution in [3.8, 4) is 0 Å². The molecule has 4 aromatic rings. The quantitative estimate of drug-likeness (QED) is 0.459. The third kappa shape index (κ3) is 4.59. The van der Waals surface area contributed by atoms with Crippen molar-refractivity contribution >= 4 is 32.7 Å². The fraction of sp³-hybridized carbons (Fsp3) is 0.217. The van der Waals surface area contributed by atoms with Crippen LogP contribution >= 0.6 is 15.9 Å². The number of hydrogen-bond donors (Lipinski definition) is 1. The highest BCUT2D eigenvalue weighted by molar-refractivity contribution is 9.10. The van der Waals surface area contributed by atoms with Crippen molar-refractivity contribution < 1.29 is 4.79 Å². The zero-order valence-corrected chi connectivity index (χ0v) is 18.9. The summed E-state index contributed by atoms with van der Waals surface area (Å²) in [6.45, 7) is 4.87. The number of benzene rings is 2. The Morgan fingerprint density at radius 1 is 1.13 bits per heavy atom. The number of aromatic nitrogens is 4. The Morgan fingerprint density at radius 3 is 2.68 bits per heavy atom. The molecule has 0 atom stereocenters. The van der Waals surface area contributed by atoms with Gasteiger partial charge in [-0.2, -0.15) is 5.10 Å². The third-order valence-corrected chi connectivity index (χ3v) is 5.76. The molecule has 0 radical (unpaired) electrons. The zero-order valence-electron chi connectivity index (χ0n) is 17.3. The molecule has 2 aromatic heterocycles. The van der Waals surface area contributed by atoms with Crippen LogP contribution in [0.5, 0.6) is 0 Å². The molecule has 0 aliphatic rings. The number of aryl methyl sites for hydroxylation is 1. The van der Waals surface area contributed by atoms with Gasteiger partial charge in [0.2, 0.25) is 5.91 Å². The molecule has 2 aromatic carbocycles. The van der Waals surface area contributed by atoms with Gasteiger partial charge in [-0.25, -0.2) is 4.98 Å². The molecule has 0 aliphatic heterocycles. The van der Waals surface area contributed by atoms with Gasteiger partial charge in [0.15, 0.2) is 0 Å². The smallest absolute Gasteiger partial charge is 0.261 e. The maximum absolute atomic E-state index is 12.7. The van der Waals surface area contributed by atoms with Gasteiger partial charge >= 0.3 is 0 Å². The van der Waals surface area contributed by atoms with Crippen LogP contribution in [-0.2, 0) is 24.4 Å². The molecule has 0 unspecified atom stereocenters. The van der Waals surface area contributed by atoms with E-state index in [1.165, 1.54) is 16.5 Å². The van der Waals surface area contributed by atoms with E-state index in [0.717, 1.165) is 21.4 Å². The fourth-order valence-corrected chi connectivity index (χ4v) is 3.90. The van der Waals surface area contributed by atoms with Crippen LogP contribution in [-0.4, -0.2) is 25.2 Å². The number of fused-ring (bicyclic) bond motifs is 1. The van der Waals surface area contributed by atoms with E-state index in [0.29, 0.717) is 24.0 Å². The second-order valence-electron chi connectivity index (χ2n) is 7.41. The highest BCUT2D eigenvalue weighted by Crippen LogP contribution is 2.16. The molecule has 4 rings (SSSR count). The Hall–Kier alpha value is -3.26. The SMILES string of the molecule is Cc1nn(Cc2ccccc2)c(C)c1CNC(=O)Cn1cnc2ccc(Br)cc2c1=O. The molecule has 2 heterocycles. The summed E-state index contributed by atoms with van der Waals surface area (Å²) in [5.41, 5.74) is 4.39. The highest BCUT2D eigenvalue weighted by atomic mass is 79.9. The first-order chi connectivity index (χ1) is 14.9. The van der Waals surface area contributed by atoms with Gasteiger partial charge in [0.05, 0.1) is 29.5 Å². The highest BCUT2D eigenvalue weighted by Gasteiger charge is 2.14. The van der Waals surface area contributed by atoms with Crippen LogP contribution < -0.4 is 10.9 Å². The summed E-state index contributed by atoms with van der Waals surface area (Å²) in [5.74, 6) is -0.257. The number of halogens is 1. The molecule has 0 aliphatic carbocycles. The van der Waals surface area contributed by atoms with Crippen LogP contribution in [0.3, 0.4) is 0 Å². The van der Waals surface area contributed by atoms with E-state index in [1.54, 1.807) is 12.1 Å². The molecule has 1 amide bonds. The van der Waals surface area contributed by atoms with Crippen molar-refractivity contribution in [2.45, 2.75) is 33.5 Å². The first-order valence-electron chi connectivity index (χ1n) is 9.90. The van der Waals surface area contributed by atoms with Crippen LogP contribution in [0.25, 0.3) is 10.9 Å². The van der Waals surface area contributed by atoms with E-state index >= 15 is 0 Å². The lowest BCUT2D eigenvalue weighted by Crippen LogP contribution is -2.32. The Balaban J connectivity index is 1.45. The second-order valence-corrected chi connectivity index (χ2v) is 8.32. The third-order valence-electron chi connectivity index (χ3n) is 5.27. The average Bonchev–Trinajstić information content (AvgIpc) is 3.02. The van der Waals surface area contributed by atoms with Crippen molar-refractivity contribution in [3.63, 3.8) is 0 Å². The fourth-order valence-electron chi connectivity index (χ4n) is 3.54. The maximum Gasteiger partial charge on any atom is 0.261 e. The Labute approximate surface area is 187 Å². The monoisotopic (exact) mass is 479 g/mol. The van der Waals surface area contributed by atoms with E-state index in [4.69, 9.17) is 0 Å². The number of carbonyl (C=O) groups is 1. The summed E-state index contributed by atoms with van der Waals surface area (Å²) in [4.78, 5) is 29.5. The minimum absolute atomic E-state index is 0.0927. The van der Waals surface area contributed by atoms with Gasteiger partial charge in [0.25, 0.3) is 5.56 Å². The topological polar surface area (TPSA) is 81.8 Å². The average molecular weight is 480 g/mol. The van der Waals surface area contributed by atoms with Gasteiger partial charge < -0.3 is 5.32 Å². The predicted octanol–water partition coefficient (Wildman–Crippen LogP) is 3.34. The van der Waals surface area contributed by atoms with Gasteiger partial charge in [0, 0.05) is 22.3 Å². The summed E-state index contributed by atoms with van der Waals surface area (Å²) in [7, 11) is 0. The van der Waals surface area contributed by atoms with E-state index in [9.17, 15) is 9.59 Å². The molecule has 0 bridgehead atoms. The van der Waals surface area contributed by atoms with Gasteiger partial charge in [-0.3, -0.25) is 18.8 Å². The van der Waals surface area contributed by atoms with E-state index < -0.39 is 0 Å². The summed E-state index contributed by atoms with van der Waals surface area (Å²) >= 11 is 3.37. The Bertz CT molecular complexity index is 1310. The normalized spacial score (nSPS) is 11.1. The summed E-state index contributed by atoms with van der Waals surface area (Å²) in [6.07, 6.45) is 1.41. The van der Waals surface area contributed by atoms with Crippen LogP contribution in [0.2, 0.25) is 0 Å². The van der Waals surface area contributed by atoms with Crippen molar-refractivity contribution in [1.29, 1.82) is 0 Å². The summed E-state index contributed by atoms with van der Waals surface area (Å²) in [5, 5.41) is 7.99. The van der Waals surface area contributed by atoms with Gasteiger partial charge in [-0.15, -0.1) is 0 Å². The molecule has 1 N–H and O–H groups in total. The number of hydrogen-bond acceptors (Lipinski definition) is 4. The summed E-state index contributed by atoms with van der Waals surface area (Å²) < 4.78 is 4.06. The van der Waals surface area contributed by atoms with Crippen LogP contribution in [0.4, 0.5) is 0 Å². The van der Waals surface area contributed by atoms with Crippen molar-refractivity contribution in [1.82, 2.24) is 24.6 Å². The number of nitrogens with one attached hydrogen (secondary N) is 1. The van der Waals surface area contributed by atoms with E-state index in [2.05, 4.69) is 43.5 Å². The standard InChI is InChI=1S/C23H22BrN5O2/c1-15-20(16(2)29(27-15)12-17-6-4-3-5-7-17)11-25-22(30)13-28-14-26-21-9-8-18(24)10-19(21)23(28)31/h3-10,14H,11-13H2,1-2H3,(H,25,30). The maximum atomic E-state index is 12.7. The Morgan fingerprint density at radius 2 is 1.90 bits per heavy atom. The lowest BCUT2D eigenvalue weighted by Gasteiger charge is -2.09. The predicted molar refractivity (Wildman–Crippen MR) is 123 cm³/mol. The van der Waals surface area contributed by atoms with Crippen LogP contribution in [0, 0.1) is 13.8 Å². The molecular weight excluding hydrogens is 458 g/mol. The van der Waals surface area contributed by atoms with Crippen LogP contribution in [0.15, 0.2) is 64.1 Å². The minimum Gasteiger partial charge on any atom is -0.350 e. The van der Waals surface area contributed by atoms with Gasteiger partial charge in [-0.05, 0) is 37.6 Å². The Kier molecular flexibility index (Phi) is 5.99. The molecule has 7 nitrogen and oxygen atoms in total. The number of amides is 1. The molecule has 8 heteroatoms. The van der Waals surface area contributed by atoms with Crippen molar-refractivity contribution in [3.05, 3.63) is 92.2 Å². The van der Waals surface area contributed by atoms with Crippen molar-refractivity contribution in [2.24, 2.45) is 0 Å². The number of carbonyl (C=O) groups excluding carboxylic acids is 1. The second kappa shape index (κ2) is 8.85.